The Bertz CT molecular complexity index is 729. The van der Waals surface area contributed by atoms with Crippen molar-refractivity contribution in [2.75, 3.05) is 19.7 Å². The van der Waals surface area contributed by atoms with Gasteiger partial charge in [-0.1, -0.05) is 24.3 Å². The topological polar surface area (TPSA) is 42.4 Å². The smallest absolute Gasteiger partial charge is 0.310 e. The monoisotopic (exact) mass is 338 g/mol. The van der Waals surface area contributed by atoms with Crippen LogP contribution < -0.4 is 0 Å². The summed E-state index contributed by atoms with van der Waals surface area (Å²) in [5, 5.41) is 0. The lowest BCUT2D eigenvalue weighted by atomic mass is 9.97. The van der Waals surface area contributed by atoms with Gasteiger partial charge in [0, 0.05) is 31.0 Å². The number of nitrogens with zero attached hydrogens (tertiary/aromatic N) is 2. The number of likely N-dealkylation sites (tertiary alicyclic amines) is 1. The molecule has 0 bridgehead atoms. The van der Waals surface area contributed by atoms with Crippen LogP contribution in [-0.2, 0) is 16.1 Å². The Labute approximate surface area is 149 Å². The van der Waals surface area contributed by atoms with Gasteiger partial charge in [0.25, 0.3) is 0 Å². The van der Waals surface area contributed by atoms with Crippen LogP contribution in [0.15, 0.2) is 42.7 Å². The Hall–Kier alpha value is -2.20. The fourth-order valence-electron chi connectivity index (χ4n) is 3.53. The van der Waals surface area contributed by atoms with Crippen molar-refractivity contribution in [2.45, 2.75) is 33.2 Å². The summed E-state index contributed by atoms with van der Waals surface area (Å²) < 4.78 is 5.19. The van der Waals surface area contributed by atoms with Crippen molar-refractivity contribution in [2.24, 2.45) is 5.92 Å². The van der Waals surface area contributed by atoms with Crippen molar-refractivity contribution in [3.63, 3.8) is 0 Å². The van der Waals surface area contributed by atoms with E-state index in [0.717, 1.165) is 38.0 Å². The minimum Gasteiger partial charge on any atom is -0.466 e. The summed E-state index contributed by atoms with van der Waals surface area (Å²) in [5.41, 5.74) is 4.81. The second-order valence-electron chi connectivity index (χ2n) is 6.72. The fourth-order valence-corrected chi connectivity index (χ4v) is 3.53. The van der Waals surface area contributed by atoms with Crippen LogP contribution in [0.25, 0.3) is 11.1 Å². The summed E-state index contributed by atoms with van der Waals surface area (Å²) in [4.78, 5) is 18.8. The highest BCUT2D eigenvalue weighted by Crippen LogP contribution is 2.25. The third-order valence-electron chi connectivity index (χ3n) is 4.78. The van der Waals surface area contributed by atoms with E-state index >= 15 is 0 Å². The highest BCUT2D eigenvalue weighted by molar-refractivity contribution is 5.72. The van der Waals surface area contributed by atoms with E-state index in [2.05, 4.69) is 47.1 Å². The van der Waals surface area contributed by atoms with Gasteiger partial charge in [-0.15, -0.1) is 0 Å². The summed E-state index contributed by atoms with van der Waals surface area (Å²) in [5.74, 6) is -0.0554. The standard InChI is InChI=1S/C21H26N2O2/c1-3-25-21(24)18-8-6-10-23(15-18)14-17-11-19(13-22-12-17)20-9-5-4-7-16(20)2/h4-5,7,9,11-13,18H,3,6,8,10,14-15H2,1-2H3/t18-/m0/s1. The largest absolute Gasteiger partial charge is 0.466 e. The molecule has 2 aromatic rings. The molecule has 4 heteroatoms. The van der Waals surface area contributed by atoms with Gasteiger partial charge in [-0.25, -0.2) is 0 Å². The summed E-state index contributed by atoms with van der Waals surface area (Å²) in [7, 11) is 0. The van der Waals surface area contributed by atoms with Crippen molar-refractivity contribution in [3.8, 4) is 11.1 Å². The number of carbonyl (C=O) groups excluding carboxylic acids is 1. The molecule has 0 aliphatic carbocycles. The first-order valence-electron chi connectivity index (χ1n) is 9.06. The van der Waals surface area contributed by atoms with E-state index in [1.165, 1.54) is 16.7 Å². The second-order valence-corrected chi connectivity index (χ2v) is 6.72. The Kier molecular flexibility index (Phi) is 5.82. The van der Waals surface area contributed by atoms with Crippen molar-refractivity contribution in [3.05, 3.63) is 53.9 Å². The molecule has 1 aliphatic heterocycles. The number of pyridine rings is 1. The van der Waals surface area contributed by atoms with Gasteiger partial charge in [0.15, 0.2) is 0 Å². The summed E-state index contributed by atoms with van der Waals surface area (Å²) in [6.07, 6.45) is 5.81. The maximum absolute atomic E-state index is 12.0. The SMILES string of the molecule is CCOC(=O)[C@H]1CCCN(Cc2cncc(-c3ccccc3C)c2)C1. The molecule has 0 amide bonds. The first-order valence-corrected chi connectivity index (χ1v) is 9.06. The van der Waals surface area contributed by atoms with Crippen LogP contribution in [0, 0.1) is 12.8 Å². The van der Waals surface area contributed by atoms with Crippen LogP contribution in [0.2, 0.25) is 0 Å². The highest BCUT2D eigenvalue weighted by atomic mass is 16.5. The lowest BCUT2D eigenvalue weighted by Gasteiger charge is -2.31. The van der Waals surface area contributed by atoms with Crippen molar-refractivity contribution in [1.82, 2.24) is 9.88 Å². The van der Waals surface area contributed by atoms with E-state index in [0.29, 0.717) is 6.61 Å². The number of aromatic nitrogens is 1. The fraction of sp³-hybridized carbons (Fsp3) is 0.429. The van der Waals surface area contributed by atoms with E-state index in [-0.39, 0.29) is 11.9 Å². The predicted octanol–water partition coefficient (Wildman–Crippen LogP) is 3.83. The molecule has 0 radical (unpaired) electrons. The van der Waals surface area contributed by atoms with Crippen LogP contribution in [0.4, 0.5) is 0 Å². The molecule has 2 heterocycles. The zero-order valence-corrected chi connectivity index (χ0v) is 15.1. The van der Waals surface area contributed by atoms with Crippen LogP contribution in [0.5, 0.6) is 0 Å². The average Bonchev–Trinajstić information content (AvgIpc) is 2.63. The Morgan fingerprint density at radius 2 is 2.16 bits per heavy atom. The number of hydrogen-bond acceptors (Lipinski definition) is 4. The molecule has 1 aliphatic rings. The highest BCUT2D eigenvalue weighted by Gasteiger charge is 2.26. The lowest BCUT2D eigenvalue weighted by molar-refractivity contribution is -0.150. The average molecular weight is 338 g/mol. The summed E-state index contributed by atoms with van der Waals surface area (Å²) in [6, 6.07) is 10.6. The van der Waals surface area contributed by atoms with E-state index < -0.39 is 0 Å². The number of hydrogen-bond donors (Lipinski definition) is 0. The molecule has 3 rings (SSSR count). The molecule has 0 spiro atoms. The molecule has 1 fully saturated rings. The second kappa shape index (κ2) is 8.26. The van der Waals surface area contributed by atoms with E-state index in [1.54, 1.807) is 0 Å². The molecule has 25 heavy (non-hydrogen) atoms. The van der Waals surface area contributed by atoms with Gasteiger partial charge in [0.1, 0.15) is 0 Å². The predicted molar refractivity (Wildman–Crippen MR) is 99.0 cm³/mol. The lowest BCUT2D eigenvalue weighted by Crippen LogP contribution is -2.38. The van der Waals surface area contributed by atoms with Gasteiger partial charge in [-0.05, 0) is 56.0 Å². The van der Waals surface area contributed by atoms with Crippen molar-refractivity contribution < 1.29 is 9.53 Å². The first kappa shape index (κ1) is 17.6. The maximum atomic E-state index is 12.0. The van der Waals surface area contributed by atoms with Gasteiger partial charge < -0.3 is 4.74 Å². The zero-order chi connectivity index (χ0) is 17.6. The van der Waals surface area contributed by atoms with E-state index in [4.69, 9.17) is 4.74 Å². The van der Waals surface area contributed by atoms with E-state index in [1.807, 2.05) is 19.3 Å². The molecule has 1 aromatic carbocycles. The Balaban J connectivity index is 1.70. The number of benzene rings is 1. The van der Waals surface area contributed by atoms with Crippen LogP contribution in [0.3, 0.4) is 0 Å². The number of esters is 1. The number of ether oxygens (including phenoxy) is 1. The maximum Gasteiger partial charge on any atom is 0.310 e. The molecule has 1 aromatic heterocycles. The molecule has 0 saturated carbocycles. The molecule has 0 unspecified atom stereocenters. The Morgan fingerprint density at radius 3 is 2.96 bits per heavy atom. The molecule has 1 atom stereocenters. The molecule has 4 nitrogen and oxygen atoms in total. The van der Waals surface area contributed by atoms with Crippen molar-refractivity contribution in [1.29, 1.82) is 0 Å². The molecule has 0 N–H and O–H groups in total. The third-order valence-corrected chi connectivity index (χ3v) is 4.78. The quantitative estimate of drug-likeness (QED) is 0.777. The summed E-state index contributed by atoms with van der Waals surface area (Å²) >= 11 is 0. The molecule has 1 saturated heterocycles. The summed E-state index contributed by atoms with van der Waals surface area (Å²) in [6.45, 7) is 7.05. The molecule has 132 valence electrons. The molecular weight excluding hydrogens is 312 g/mol. The minimum absolute atomic E-state index is 0.00112. The van der Waals surface area contributed by atoms with Crippen LogP contribution in [0.1, 0.15) is 30.9 Å². The van der Waals surface area contributed by atoms with Crippen LogP contribution >= 0.6 is 0 Å². The van der Waals surface area contributed by atoms with Crippen molar-refractivity contribution >= 4 is 5.97 Å². The number of carbonyl (C=O) groups is 1. The first-order chi connectivity index (χ1) is 12.2. The molecular formula is C21H26N2O2. The number of aryl methyl sites for hydroxylation is 1. The number of piperidine rings is 1. The third kappa shape index (κ3) is 4.45. The van der Waals surface area contributed by atoms with Gasteiger partial charge in [-0.3, -0.25) is 14.7 Å². The zero-order valence-electron chi connectivity index (χ0n) is 15.1. The van der Waals surface area contributed by atoms with Gasteiger partial charge in [0.05, 0.1) is 12.5 Å². The van der Waals surface area contributed by atoms with E-state index in [9.17, 15) is 4.79 Å². The normalized spacial score (nSPS) is 18.1. The van der Waals surface area contributed by atoms with Crippen LogP contribution in [-0.4, -0.2) is 35.5 Å². The van der Waals surface area contributed by atoms with Gasteiger partial charge in [-0.2, -0.15) is 0 Å². The van der Waals surface area contributed by atoms with Gasteiger partial charge >= 0.3 is 5.97 Å². The van der Waals surface area contributed by atoms with Gasteiger partial charge in [0.2, 0.25) is 0 Å². The number of rotatable bonds is 5. The minimum atomic E-state index is -0.0565. The Morgan fingerprint density at radius 1 is 1.32 bits per heavy atom.